The SMILES string of the molecule is CC1=NN(c2ccc(C(=O)NCc3c(C)nn(-c4ccccc4)c3C)cc2)CC1. The number of hydrogen-bond acceptors (Lipinski definition) is 4. The van der Waals surface area contributed by atoms with Gasteiger partial charge in [0.1, 0.15) is 0 Å². The molecule has 0 spiro atoms. The Kier molecular flexibility index (Phi) is 5.16. The molecule has 6 heteroatoms. The van der Waals surface area contributed by atoms with Gasteiger partial charge in [0.2, 0.25) is 0 Å². The van der Waals surface area contributed by atoms with E-state index in [0.717, 1.165) is 47.0 Å². The molecule has 0 fully saturated rings. The van der Waals surface area contributed by atoms with Crippen molar-refractivity contribution in [2.45, 2.75) is 33.7 Å². The highest BCUT2D eigenvalue weighted by Gasteiger charge is 2.16. The maximum Gasteiger partial charge on any atom is 0.251 e. The summed E-state index contributed by atoms with van der Waals surface area (Å²) in [6.07, 6.45) is 0.984. The molecule has 29 heavy (non-hydrogen) atoms. The number of nitrogens with one attached hydrogen (secondary N) is 1. The Morgan fingerprint density at radius 3 is 2.38 bits per heavy atom. The Morgan fingerprint density at radius 2 is 1.72 bits per heavy atom. The van der Waals surface area contributed by atoms with Crippen LogP contribution in [0.2, 0.25) is 0 Å². The van der Waals surface area contributed by atoms with Gasteiger partial charge in [0.25, 0.3) is 5.91 Å². The largest absolute Gasteiger partial charge is 0.348 e. The molecule has 0 radical (unpaired) electrons. The van der Waals surface area contributed by atoms with Gasteiger partial charge in [0.15, 0.2) is 0 Å². The lowest BCUT2D eigenvalue weighted by Gasteiger charge is -2.14. The lowest BCUT2D eigenvalue weighted by Crippen LogP contribution is -2.23. The summed E-state index contributed by atoms with van der Waals surface area (Å²) in [5, 5.41) is 14.1. The van der Waals surface area contributed by atoms with E-state index < -0.39 is 0 Å². The van der Waals surface area contributed by atoms with Crippen molar-refractivity contribution in [1.29, 1.82) is 0 Å². The number of rotatable bonds is 5. The predicted molar refractivity (Wildman–Crippen MR) is 116 cm³/mol. The normalized spacial score (nSPS) is 13.5. The molecule has 148 valence electrons. The fourth-order valence-corrected chi connectivity index (χ4v) is 3.57. The van der Waals surface area contributed by atoms with Crippen LogP contribution >= 0.6 is 0 Å². The number of para-hydroxylation sites is 1. The van der Waals surface area contributed by atoms with Crippen molar-refractivity contribution >= 4 is 17.3 Å². The summed E-state index contributed by atoms with van der Waals surface area (Å²) >= 11 is 0. The number of carbonyl (C=O) groups is 1. The molecule has 0 saturated carbocycles. The standard InChI is InChI=1S/C23H25N5O/c1-16-13-14-27(25-16)20-11-9-19(10-12-20)23(29)24-15-22-17(2)26-28(18(22)3)21-7-5-4-6-8-21/h4-12H,13-15H2,1-3H3,(H,24,29). The van der Waals surface area contributed by atoms with Crippen molar-refractivity contribution in [2.24, 2.45) is 5.10 Å². The van der Waals surface area contributed by atoms with Gasteiger partial charge in [-0.1, -0.05) is 18.2 Å². The molecule has 1 aliphatic rings. The van der Waals surface area contributed by atoms with Crippen LogP contribution in [-0.2, 0) is 6.54 Å². The van der Waals surface area contributed by atoms with Crippen molar-refractivity contribution in [3.05, 3.63) is 77.1 Å². The molecule has 0 bridgehead atoms. The molecule has 0 saturated heterocycles. The lowest BCUT2D eigenvalue weighted by atomic mass is 10.1. The van der Waals surface area contributed by atoms with Gasteiger partial charge in [0, 0.05) is 42.0 Å². The van der Waals surface area contributed by atoms with Crippen LogP contribution in [0.1, 0.15) is 40.7 Å². The first-order valence-corrected chi connectivity index (χ1v) is 9.83. The van der Waals surface area contributed by atoms with Crippen LogP contribution in [0.4, 0.5) is 5.69 Å². The van der Waals surface area contributed by atoms with E-state index in [9.17, 15) is 4.79 Å². The molecule has 0 aliphatic carbocycles. The number of aromatic nitrogens is 2. The smallest absolute Gasteiger partial charge is 0.251 e. The number of hydrogen-bond donors (Lipinski definition) is 1. The minimum atomic E-state index is -0.0936. The molecule has 4 rings (SSSR count). The zero-order valence-corrected chi connectivity index (χ0v) is 17.0. The van der Waals surface area contributed by atoms with Crippen molar-refractivity contribution in [3.8, 4) is 5.69 Å². The van der Waals surface area contributed by atoms with Gasteiger partial charge in [0.05, 0.1) is 17.1 Å². The highest BCUT2D eigenvalue weighted by Crippen LogP contribution is 2.21. The first kappa shape index (κ1) is 18.9. The van der Waals surface area contributed by atoms with Gasteiger partial charge in [-0.05, 0) is 57.2 Å². The first-order chi connectivity index (χ1) is 14.0. The number of aryl methyl sites for hydroxylation is 1. The first-order valence-electron chi connectivity index (χ1n) is 9.83. The monoisotopic (exact) mass is 387 g/mol. The quantitative estimate of drug-likeness (QED) is 0.720. The van der Waals surface area contributed by atoms with Gasteiger partial charge in [-0.3, -0.25) is 9.80 Å². The van der Waals surface area contributed by atoms with Crippen LogP contribution in [0.25, 0.3) is 5.69 Å². The van der Waals surface area contributed by atoms with Gasteiger partial charge in [-0.25, -0.2) is 4.68 Å². The molecule has 0 atom stereocenters. The number of hydrazone groups is 1. The molecule has 2 aromatic carbocycles. The van der Waals surface area contributed by atoms with E-state index >= 15 is 0 Å². The van der Waals surface area contributed by atoms with Crippen LogP contribution < -0.4 is 10.3 Å². The highest BCUT2D eigenvalue weighted by atomic mass is 16.1. The van der Waals surface area contributed by atoms with E-state index in [1.807, 2.05) is 85.1 Å². The third-order valence-electron chi connectivity index (χ3n) is 5.27. The van der Waals surface area contributed by atoms with Crippen molar-refractivity contribution in [1.82, 2.24) is 15.1 Å². The average Bonchev–Trinajstić information content (AvgIpc) is 3.30. The van der Waals surface area contributed by atoms with Gasteiger partial charge < -0.3 is 5.32 Å². The summed E-state index contributed by atoms with van der Waals surface area (Å²) in [5.74, 6) is -0.0936. The van der Waals surface area contributed by atoms with E-state index in [-0.39, 0.29) is 5.91 Å². The molecule has 2 heterocycles. The molecule has 0 unspecified atom stereocenters. The molecular formula is C23H25N5O. The van der Waals surface area contributed by atoms with E-state index in [4.69, 9.17) is 0 Å². The topological polar surface area (TPSA) is 62.5 Å². The molecule has 1 aliphatic heterocycles. The fourth-order valence-electron chi connectivity index (χ4n) is 3.57. The van der Waals surface area contributed by atoms with E-state index in [1.165, 1.54) is 0 Å². The minimum Gasteiger partial charge on any atom is -0.348 e. The summed E-state index contributed by atoms with van der Waals surface area (Å²) in [4.78, 5) is 12.6. The van der Waals surface area contributed by atoms with Crippen molar-refractivity contribution in [3.63, 3.8) is 0 Å². The Bertz CT molecular complexity index is 1050. The second-order valence-electron chi connectivity index (χ2n) is 7.33. The molecular weight excluding hydrogens is 362 g/mol. The van der Waals surface area contributed by atoms with Gasteiger partial charge in [-0.15, -0.1) is 0 Å². The number of carbonyl (C=O) groups excluding carboxylic acids is 1. The van der Waals surface area contributed by atoms with Crippen LogP contribution in [0, 0.1) is 13.8 Å². The summed E-state index contributed by atoms with van der Waals surface area (Å²) in [6, 6.07) is 17.6. The molecule has 6 nitrogen and oxygen atoms in total. The molecule has 1 aromatic heterocycles. The van der Waals surface area contributed by atoms with Gasteiger partial charge in [-0.2, -0.15) is 10.2 Å². The molecule has 1 amide bonds. The molecule has 1 N–H and O–H groups in total. The average molecular weight is 387 g/mol. The maximum atomic E-state index is 12.6. The summed E-state index contributed by atoms with van der Waals surface area (Å²) < 4.78 is 1.92. The number of anilines is 1. The summed E-state index contributed by atoms with van der Waals surface area (Å²) in [7, 11) is 0. The number of benzene rings is 2. The lowest BCUT2D eigenvalue weighted by molar-refractivity contribution is 0.0951. The third kappa shape index (κ3) is 3.92. The Hall–Kier alpha value is -3.41. The van der Waals surface area contributed by atoms with Crippen LogP contribution in [0.15, 0.2) is 59.7 Å². The Labute approximate surface area is 170 Å². The number of amides is 1. The summed E-state index contributed by atoms with van der Waals surface area (Å²) in [6.45, 7) is 7.37. The van der Waals surface area contributed by atoms with Crippen molar-refractivity contribution in [2.75, 3.05) is 11.6 Å². The minimum absolute atomic E-state index is 0.0936. The highest BCUT2D eigenvalue weighted by molar-refractivity contribution is 5.94. The zero-order chi connectivity index (χ0) is 20.4. The summed E-state index contributed by atoms with van der Waals surface area (Å²) in [5.41, 5.74) is 6.79. The van der Waals surface area contributed by atoms with Crippen molar-refractivity contribution < 1.29 is 4.79 Å². The zero-order valence-electron chi connectivity index (χ0n) is 17.0. The second kappa shape index (κ2) is 7.91. The van der Waals surface area contributed by atoms with E-state index in [2.05, 4.69) is 15.5 Å². The number of nitrogens with zero attached hydrogens (tertiary/aromatic N) is 4. The van der Waals surface area contributed by atoms with Gasteiger partial charge >= 0.3 is 0 Å². The third-order valence-corrected chi connectivity index (χ3v) is 5.27. The van der Waals surface area contributed by atoms with E-state index in [0.29, 0.717) is 12.1 Å². The molecule has 3 aromatic rings. The van der Waals surface area contributed by atoms with Crippen LogP contribution in [0.3, 0.4) is 0 Å². The van der Waals surface area contributed by atoms with E-state index in [1.54, 1.807) is 0 Å². The Morgan fingerprint density at radius 1 is 1.00 bits per heavy atom. The predicted octanol–water partition coefficient (Wildman–Crippen LogP) is 4.01. The van der Waals surface area contributed by atoms with Crippen LogP contribution in [0.5, 0.6) is 0 Å². The van der Waals surface area contributed by atoms with Crippen LogP contribution in [-0.4, -0.2) is 27.9 Å². The Balaban J connectivity index is 1.44. The fraction of sp³-hybridized carbons (Fsp3) is 0.261. The maximum absolute atomic E-state index is 12.6. The second-order valence-corrected chi connectivity index (χ2v) is 7.33.